The SMILES string of the molecule is COc1cc(Br)cc(C#N)c1OCCOc1ccccc1C(C)C. The largest absolute Gasteiger partial charge is 0.493 e. The first kappa shape index (κ1) is 18.2. The van der Waals surface area contributed by atoms with Gasteiger partial charge in [0.2, 0.25) is 0 Å². The molecule has 0 saturated heterocycles. The molecular weight excluding hydrogens is 370 g/mol. The molecule has 0 saturated carbocycles. The van der Waals surface area contributed by atoms with Crippen molar-refractivity contribution in [1.82, 2.24) is 0 Å². The zero-order valence-electron chi connectivity index (χ0n) is 14.0. The van der Waals surface area contributed by atoms with Crippen molar-refractivity contribution < 1.29 is 14.2 Å². The fraction of sp³-hybridized carbons (Fsp3) is 0.316. The number of nitrogens with zero attached hydrogens (tertiary/aromatic N) is 1. The second-order valence-electron chi connectivity index (χ2n) is 5.49. The first-order chi connectivity index (χ1) is 11.6. The van der Waals surface area contributed by atoms with E-state index in [1.807, 2.05) is 18.2 Å². The predicted octanol–water partition coefficient (Wildman–Crippen LogP) is 4.91. The highest BCUT2D eigenvalue weighted by molar-refractivity contribution is 9.10. The van der Waals surface area contributed by atoms with Gasteiger partial charge in [-0.2, -0.15) is 5.26 Å². The van der Waals surface area contributed by atoms with Gasteiger partial charge in [-0.1, -0.05) is 48.0 Å². The van der Waals surface area contributed by atoms with Crippen LogP contribution in [0.15, 0.2) is 40.9 Å². The topological polar surface area (TPSA) is 51.5 Å². The van der Waals surface area contributed by atoms with Gasteiger partial charge in [-0.15, -0.1) is 0 Å². The molecule has 0 amide bonds. The quantitative estimate of drug-likeness (QED) is 0.631. The number of methoxy groups -OCH3 is 1. The van der Waals surface area contributed by atoms with E-state index in [0.29, 0.717) is 36.2 Å². The molecule has 0 aromatic heterocycles. The van der Waals surface area contributed by atoms with Crippen LogP contribution in [0, 0.1) is 11.3 Å². The molecule has 0 radical (unpaired) electrons. The summed E-state index contributed by atoms with van der Waals surface area (Å²) in [5.74, 6) is 2.20. The summed E-state index contributed by atoms with van der Waals surface area (Å²) in [6.07, 6.45) is 0. The molecule has 0 bridgehead atoms. The van der Waals surface area contributed by atoms with Gasteiger partial charge in [-0.25, -0.2) is 0 Å². The van der Waals surface area contributed by atoms with E-state index in [-0.39, 0.29) is 0 Å². The Balaban J connectivity index is 2.02. The van der Waals surface area contributed by atoms with Crippen LogP contribution in [-0.4, -0.2) is 20.3 Å². The Hall–Kier alpha value is -2.19. The third kappa shape index (κ3) is 4.42. The lowest BCUT2D eigenvalue weighted by Gasteiger charge is -2.15. The fourth-order valence-electron chi connectivity index (χ4n) is 2.34. The number of benzene rings is 2. The van der Waals surface area contributed by atoms with E-state index >= 15 is 0 Å². The van der Waals surface area contributed by atoms with Crippen LogP contribution in [-0.2, 0) is 0 Å². The van der Waals surface area contributed by atoms with E-state index in [9.17, 15) is 5.26 Å². The third-order valence-corrected chi connectivity index (χ3v) is 3.95. The Morgan fingerprint density at radius 3 is 2.46 bits per heavy atom. The van der Waals surface area contributed by atoms with Gasteiger partial charge in [0.05, 0.1) is 12.7 Å². The van der Waals surface area contributed by atoms with Crippen molar-refractivity contribution in [3.63, 3.8) is 0 Å². The van der Waals surface area contributed by atoms with E-state index in [1.54, 1.807) is 19.2 Å². The molecule has 0 spiro atoms. The number of nitriles is 1. The Labute approximate surface area is 151 Å². The van der Waals surface area contributed by atoms with E-state index in [1.165, 1.54) is 0 Å². The number of para-hydroxylation sites is 1. The predicted molar refractivity (Wildman–Crippen MR) is 96.9 cm³/mol. The zero-order chi connectivity index (χ0) is 17.5. The van der Waals surface area contributed by atoms with Gasteiger partial charge in [0, 0.05) is 4.47 Å². The number of ether oxygens (including phenoxy) is 3. The first-order valence-electron chi connectivity index (χ1n) is 7.69. The molecule has 0 aliphatic heterocycles. The van der Waals surface area contributed by atoms with Crippen LogP contribution < -0.4 is 14.2 Å². The minimum atomic E-state index is 0.319. The number of rotatable bonds is 7. The average Bonchev–Trinajstić information content (AvgIpc) is 2.59. The van der Waals surface area contributed by atoms with Crippen LogP contribution in [0.1, 0.15) is 30.9 Å². The molecular formula is C19H20BrNO3. The molecule has 2 aromatic rings. The summed E-state index contributed by atoms with van der Waals surface area (Å²) in [7, 11) is 1.55. The third-order valence-electron chi connectivity index (χ3n) is 3.49. The van der Waals surface area contributed by atoms with Gasteiger partial charge in [0.15, 0.2) is 11.5 Å². The van der Waals surface area contributed by atoms with Crippen molar-refractivity contribution >= 4 is 15.9 Å². The lowest BCUT2D eigenvalue weighted by atomic mass is 10.0. The minimum Gasteiger partial charge on any atom is -0.493 e. The average molecular weight is 390 g/mol. The molecule has 5 heteroatoms. The van der Waals surface area contributed by atoms with Gasteiger partial charge >= 0.3 is 0 Å². The van der Waals surface area contributed by atoms with Crippen molar-refractivity contribution in [2.75, 3.05) is 20.3 Å². The van der Waals surface area contributed by atoms with Crippen molar-refractivity contribution in [3.05, 3.63) is 52.0 Å². The second kappa shape index (κ2) is 8.60. The van der Waals surface area contributed by atoms with Crippen LogP contribution in [0.2, 0.25) is 0 Å². The molecule has 0 atom stereocenters. The van der Waals surface area contributed by atoms with E-state index < -0.39 is 0 Å². The molecule has 2 aromatic carbocycles. The summed E-state index contributed by atoms with van der Waals surface area (Å²) in [6.45, 7) is 4.96. The summed E-state index contributed by atoms with van der Waals surface area (Å²) in [5.41, 5.74) is 1.58. The molecule has 4 nitrogen and oxygen atoms in total. The summed E-state index contributed by atoms with van der Waals surface area (Å²) in [5, 5.41) is 9.26. The molecule has 0 fully saturated rings. The molecule has 0 heterocycles. The maximum Gasteiger partial charge on any atom is 0.179 e. The van der Waals surface area contributed by atoms with Crippen molar-refractivity contribution in [3.8, 4) is 23.3 Å². The van der Waals surface area contributed by atoms with Gasteiger partial charge in [-0.3, -0.25) is 0 Å². The standard InChI is InChI=1S/C19H20BrNO3/c1-13(2)16-6-4-5-7-17(16)23-8-9-24-19-14(12-21)10-15(20)11-18(19)22-3/h4-7,10-11,13H,8-9H2,1-3H3. The first-order valence-corrected chi connectivity index (χ1v) is 8.48. The summed E-state index contributed by atoms with van der Waals surface area (Å²) < 4.78 is 17.6. The molecule has 0 aliphatic carbocycles. The molecule has 24 heavy (non-hydrogen) atoms. The Bertz CT molecular complexity index is 738. The van der Waals surface area contributed by atoms with Crippen LogP contribution in [0.4, 0.5) is 0 Å². The molecule has 0 N–H and O–H groups in total. The summed E-state index contributed by atoms with van der Waals surface area (Å²) in [4.78, 5) is 0. The summed E-state index contributed by atoms with van der Waals surface area (Å²) in [6, 6.07) is 13.6. The number of halogens is 1. The molecule has 0 unspecified atom stereocenters. The van der Waals surface area contributed by atoms with Crippen molar-refractivity contribution in [2.45, 2.75) is 19.8 Å². The smallest absolute Gasteiger partial charge is 0.179 e. The van der Waals surface area contributed by atoms with Gasteiger partial charge in [-0.05, 0) is 29.7 Å². The van der Waals surface area contributed by atoms with Gasteiger partial charge in [0.25, 0.3) is 0 Å². The van der Waals surface area contributed by atoms with Crippen molar-refractivity contribution in [2.24, 2.45) is 0 Å². The maximum absolute atomic E-state index is 9.26. The fourth-order valence-corrected chi connectivity index (χ4v) is 2.77. The monoisotopic (exact) mass is 389 g/mol. The lowest BCUT2D eigenvalue weighted by molar-refractivity contribution is 0.209. The van der Waals surface area contributed by atoms with Crippen LogP contribution in [0.5, 0.6) is 17.2 Å². The van der Waals surface area contributed by atoms with Crippen LogP contribution in [0.25, 0.3) is 0 Å². The van der Waals surface area contributed by atoms with Gasteiger partial charge in [0.1, 0.15) is 25.0 Å². The van der Waals surface area contributed by atoms with E-state index in [0.717, 1.165) is 15.8 Å². The Morgan fingerprint density at radius 2 is 1.79 bits per heavy atom. The Morgan fingerprint density at radius 1 is 1.08 bits per heavy atom. The van der Waals surface area contributed by atoms with Crippen LogP contribution in [0.3, 0.4) is 0 Å². The Kier molecular flexibility index (Phi) is 6.51. The highest BCUT2D eigenvalue weighted by Crippen LogP contribution is 2.34. The maximum atomic E-state index is 9.26. The van der Waals surface area contributed by atoms with Crippen molar-refractivity contribution in [1.29, 1.82) is 5.26 Å². The molecule has 2 rings (SSSR count). The van der Waals surface area contributed by atoms with E-state index in [4.69, 9.17) is 14.2 Å². The number of hydrogen-bond donors (Lipinski definition) is 0. The normalized spacial score (nSPS) is 10.3. The molecule has 0 aliphatic rings. The summed E-state index contributed by atoms with van der Waals surface area (Å²) >= 11 is 3.35. The van der Waals surface area contributed by atoms with Gasteiger partial charge < -0.3 is 14.2 Å². The lowest BCUT2D eigenvalue weighted by Crippen LogP contribution is -2.11. The molecule has 126 valence electrons. The number of hydrogen-bond acceptors (Lipinski definition) is 4. The van der Waals surface area contributed by atoms with E-state index in [2.05, 4.69) is 41.9 Å². The second-order valence-corrected chi connectivity index (χ2v) is 6.40. The highest BCUT2D eigenvalue weighted by Gasteiger charge is 2.13. The minimum absolute atomic E-state index is 0.319. The zero-order valence-corrected chi connectivity index (χ0v) is 15.6. The van der Waals surface area contributed by atoms with Crippen LogP contribution >= 0.6 is 15.9 Å². The highest BCUT2D eigenvalue weighted by atomic mass is 79.9.